The van der Waals surface area contributed by atoms with Crippen molar-refractivity contribution in [3.63, 3.8) is 0 Å². The molecule has 136 valence electrons. The first-order chi connectivity index (χ1) is 12.1. The highest BCUT2D eigenvalue weighted by Crippen LogP contribution is 2.20. The molecule has 0 aliphatic carbocycles. The lowest BCUT2D eigenvalue weighted by Gasteiger charge is -2.19. The molecule has 2 atom stereocenters. The quantitative estimate of drug-likeness (QED) is 0.789. The second kappa shape index (κ2) is 8.58. The van der Waals surface area contributed by atoms with E-state index in [-0.39, 0.29) is 30.4 Å². The van der Waals surface area contributed by atoms with Crippen LogP contribution in [-0.2, 0) is 9.59 Å². The largest absolute Gasteiger partial charge is 0.484 e. The van der Waals surface area contributed by atoms with E-state index in [9.17, 15) is 9.59 Å². The van der Waals surface area contributed by atoms with Crippen LogP contribution in [0.5, 0.6) is 5.75 Å². The number of benzene rings is 1. The van der Waals surface area contributed by atoms with Gasteiger partial charge in [-0.2, -0.15) is 0 Å². The summed E-state index contributed by atoms with van der Waals surface area (Å²) in [5.74, 6) is 2.91. The molecule has 2 aliphatic heterocycles. The number of thioether (sulfide) groups is 1. The van der Waals surface area contributed by atoms with Gasteiger partial charge in [0.25, 0.3) is 5.91 Å². The van der Waals surface area contributed by atoms with Crippen LogP contribution in [0.1, 0.15) is 12.0 Å². The first-order valence-electron chi connectivity index (χ1n) is 8.68. The number of hydrogen-bond donors (Lipinski definition) is 2. The minimum Gasteiger partial charge on any atom is -0.484 e. The van der Waals surface area contributed by atoms with Gasteiger partial charge in [0.15, 0.2) is 6.61 Å². The van der Waals surface area contributed by atoms with Crippen LogP contribution in [0.2, 0.25) is 0 Å². The fourth-order valence-corrected chi connectivity index (χ4v) is 4.09. The first kappa shape index (κ1) is 18.1. The molecule has 2 unspecified atom stereocenters. The molecule has 0 radical (unpaired) electrons. The van der Waals surface area contributed by atoms with Crippen molar-refractivity contribution in [2.24, 2.45) is 5.92 Å². The third-order valence-corrected chi connectivity index (χ3v) is 5.59. The van der Waals surface area contributed by atoms with Crippen molar-refractivity contribution in [3.8, 4) is 5.75 Å². The van der Waals surface area contributed by atoms with Gasteiger partial charge in [0.2, 0.25) is 5.91 Å². The van der Waals surface area contributed by atoms with E-state index in [4.69, 9.17) is 4.74 Å². The average Bonchev–Trinajstić information content (AvgIpc) is 3.30. The van der Waals surface area contributed by atoms with E-state index in [1.54, 1.807) is 11.8 Å². The molecule has 2 aliphatic rings. The molecule has 6 nitrogen and oxygen atoms in total. The predicted molar refractivity (Wildman–Crippen MR) is 98.6 cm³/mol. The summed E-state index contributed by atoms with van der Waals surface area (Å²) < 4.78 is 5.55. The molecule has 2 heterocycles. The Balaban J connectivity index is 1.37. The maximum atomic E-state index is 12.4. The van der Waals surface area contributed by atoms with Crippen molar-refractivity contribution >= 4 is 23.6 Å². The van der Waals surface area contributed by atoms with Crippen LogP contribution in [-0.4, -0.2) is 60.6 Å². The van der Waals surface area contributed by atoms with Crippen LogP contribution >= 0.6 is 11.8 Å². The van der Waals surface area contributed by atoms with Gasteiger partial charge in [-0.15, -0.1) is 11.8 Å². The zero-order chi connectivity index (χ0) is 17.6. The number of ether oxygens (including phenoxy) is 1. The van der Waals surface area contributed by atoms with Gasteiger partial charge in [-0.3, -0.25) is 9.59 Å². The molecule has 2 amide bonds. The molecule has 0 bridgehead atoms. The van der Waals surface area contributed by atoms with E-state index in [0.717, 1.165) is 42.5 Å². The monoisotopic (exact) mass is 363 g/mol. The van der Waals surface area contributed by atoms with Gasteiger partial charge in [0, 0.05) is 25.4 Å². The lowest BCUT2D eigenvalue weighted by molar-refractivity contribution is -0.131. The predicted octanol–water partition coefficient (Wildman–Crippen LogP) is 1.00. The molecule has 2 N–H and O–H groups in total. The van der Waals surface area contributed by atoms with Crippen LogP contribution in [0.15, 0.2) is 24.3 Å². The molecule has 25 heavy (non-hydrogen) atoms. The minimum absolute atomic E-state index is 0.0123. The molecule has 2 saturated heterocycles. The van der Waals surface area contributed by atoms with E-state index >= 15 is 0 Å². The second-order valence-corrected chi connectivity index (χ2v) is 7.63. The van der Waals surface area contributed by atoms with Gasteiger partial charge in [0.1, 0.15) is 5.75 Å². The van der Waals surface area contributed by atoms with Crippen molar-refractivity contribution in [2.75, 3.05) is 37.9 Å². The first-order valence-corrected chi connectivity index (χ1v) is 9.84. The topological polar surface area (TPSA) is 70.7 Å². The van der Waals surface area contributed by atoms with Crippen LogP contribution in [0.25, 0.3) is 0 Å². The van der Waals surface area contributed by atoms with Gasteiger partial charge < -0.3 is 20.3 Å². The van der Waals surface area contributed by atoms with Gasteiger partial charge in [-0.25, -0.2) is 0 Å². The Bertz CT molecular complexity index is 619. The number of nitrogens with one attached hydrogen (secondary N) is 2. The molecule has 1 aromatic rings. The Morgan fingerprint density at radius 1 is 1.40 bits per heavy atom. The summed E-state index contributed by atoms with van der Waals surface area (Å²) in [6.45, 7) is 4.14. The fraction of sp³-hybridized carbons (Fsp3) is 0.556. The maximum Gasteiger partial charge on any atom is 0.257 e. The second-order valence-electron chi connectivity index (χ2n) is 6.56. The van der Waals surface area contributed by atoms with E-state index in [1.165, 1.54) is 0 Å². The van der Waals surface area contributed by atoms with E-state index in [1.807, 2.05) is 36.1 Å². The van der Waals surface area contributed by atoms with Crippen LogP contribution in [0.4, 0.5) is 0 Å². The van der Waals surface area contributed by atoms with Crippen LogP contribution < -0.4 is 15.4 Å². The molecule has 2 fully saturated rings. The third kappa shape index (κ3) is 4.89. The molecular weight excluding hydrogens is 338 g/mol. The van der Waals surface area contributed by atoms with Crippen molar-refractivity contribution in [1.82, 2.24) is 15.5 Å². The van der Waals surface area contributed by atoms with E-state index < -0.39 is 0 Å². The molecular formula is C18H25N3O3S. The average molecular weight is 363 g/mol. The number of hydrogen-bond acceptors (Lipinski definition) is 5. The third-order valence-electron chi connectivity index (χ3n) is 4.62. The number of carbonyl (C=O) groups is 2. The Hall–Kier alpha value is -1.73. The summed E-state index contributed by atoms with van der Waals surface area (Å²) in [4.78, 5) is 26.3. The van der Waals surface area contributed by atoms with E-state index in [0.29, 0.717) is 6.54 Å². The number of aryl methyl sites for hydroxylation is 1. The highest BCUT2D eigenvalue weighted by atomic mass is 32.2. The zero-order valence-corrected chi connectivity index (χ0v) is 15.3. The van der Waals surface area contributed by atoms with Crippen LogP contribution in [0, 0.1) is 12.8 Å². The minimum atomic E-state index is -0.131. The van der Waals surface area contributed by atoms with E-state index in [2.05, 4.69) is 10.6 Å². The molecule has 0 spiro atoms. The maximum absolute atomic E-state index is 12.4. The summed E-state index contributed by atoms with van der Waals surface area (Å²) in [6.07, 6.45) is 0.777. The van der Waals surface area contributed by atoms with Crippen LogP contribution in [0.3, 0.4) is 0 Å². The highest BCUT2D eigenvalue weighted by Gasteiger charge is 2.33. The van der Waals surface area contributed by atoms with Crippen molar-refractivity contribution in [2.45, 2.75) is 19.4 Å². The Morgan fingerprint density at radius 3 is 3.00 bits per heavy atom. The summed E-state index contributed by atoms with van der Waals surface area (Å²) in [5, 5.41) is 6.20. The number of amides is 2. The lowest BCUT2D eigenvalue weighted by atomic mass is 10.1. The van der Waals surface area contributed by atoms with Gasteiger partial charge in [0.05, 0.1) is 11.9 Å². The number of rotatable bonds is 6. The zero-order valence-electron chi connectivity index (χ0n) is 14.5. The molecule has 0 saturated carbocycles. The summed E-state index contributed by atoms with van der Waals surface area (Å²) in [7, 11) is 0. The lowest BCUT2D eigenvalue weighted by Crippen LogP contribution is -2.42. The molecule has 0 aromatic heterocycles. The molecule has 7 heteroatoms. The normalized spacial score (nSPS) is 22.8. The number of nitrogens with zero attached hydrogens (tertiary/aromatic N) is 1. The van der Waals surface area contributed by atoms with Crippen molar-refractivity contribution < 1.29 is 14.3 Å². The Kier molecular flexibility index (Phi) is 6.20. The smallest absolute Gasteiger partial charge is 0.257 e. The molecule has 3 rings (SSSR count). The fourth-order valence-electron chi connectivity index (χ4n) is 3.13. The van der Waals surface area contributed by atoms with Gasteiger partial charge >= 0.3 is 0 Å². The number of para-hydroxylation sites is 1. The van der Waals surface area contributed by atoms with Crippen molar-refractivity contribution in [3.05, 3.63) is 29.8 Å². The number of carbonyl (C=O) groups excluding carboxylic acids is 2. The van der Waals surface area contributed by atoms with Gasteiger partial charge in [-0.05, 0) is 30.9 Å². The standard InChI is InChI=1S/C18H25N3O3S/c1-13-4-2-3-5-16(13)24-11-17(22)20-10-14-8-15(19-9-14)18(23)21-6-7-25-12-21/h2-5,14-15,19H,6-12H2,1H3,(H,20,22). The SMILES string of the molecule is Cc1ccccc1OCC(=O)NCC1CNC(C(=O)N2CCSC2)C1. The summed E-state index contributed by atoms with van der Waals surface area (Å²) in [6, 6.07) is 7.53. The van der Waals surface area contributed by atoms with Crippen molar-refractivity contribution in [1.29, 1.82) is 0 Å². The Morgan fingerprint density at radius 2 is 2.24 bits per heavy atom. The summed E-state index contributed by atoms with van der Waals surface area (Å²) >= 11 is 1.80. The Labute approximate surface area is 152 Å². The highest BCUT2D eigenvalue weighted by molar-refractivity contribution is 7.99. The summed E-state index contributed by atoms with van der Waals surface area (Å²) in [5.41, 5.74) is 1.01. The van der Waals surface area contributed by atoms with Gasteiger partial charge in [-0.1, -0.05) is 18.2 Å². The molecule has 1 aromatic carbocycles.